The summed E-state index contributed by atoms with van der Waals surface area (Å²) >= 11 is 0. The molecule has 2 atom stereocenters. The maximum atomic E-state index is 10.2. The molecule has 0 saturated heterocycles. The summed E-state index contributed by atoms with van der Waals surface area (Å²) in [5, 5.41) is 20.2. The van der Waals surface area contributed by atoms with Gasteiger partial charge < -0.3 is 14.9 Å². The molecule has 0 amide bonds. The topological polar surface area (TPSA) is 49.7 Å². The summed E-state index contributed by atoms with van der Waals surface area (Å²) < 4.78 is 5.69. The first-order valence-corrected chi connectivity index (χ1v) is 7.06. The molecule has 1 aliphatic rings. The second-order valence-corrected chi connectivity index (χ2v) is 6.07. The normalized spacial score (nSPS) is 21.9. The molecule has 0 spiro atoms. The highest BCUT2D eigenvalue weighted by Crippen LogP contribution is 2.32. The van der Waals surface area contributed by atoms with E-state index in [1.165, 1.54) is 5.56 Å². The minimum absolute atomic E-state index is 0.135. The Morgan fingerprint density at radius 1 is 1.42 bits per heavy atom. The quantitative estimate of drug-likeness (QED) is 0.879. The van der Waals surface area contributed by atoms with Gasteiger partial charge in [0.2, 0.25) is 0 Å². The van der Waals surface area contributed by atoms with Crippen LogP contribution in [0.1, 0.15) is 50.8 Å². The Balaban J connectivity index is 2.08. The molecule has 1 aliphatic carbocycles. The van der Waals surface area contributed by atoms with Crippen molar-refractivity contribution in [2.75, 3.05) is 6.61 Å². The predicted molar refractivity (Wildman–Crippen MR) is 75.3 cm³/mol. The van der Waals surface area contributed by atoms with Crippen LogP contribution < -0.4 is 4.74 Å². The Labute approximate surface area is 115 Å². The molecule has 0 bridgehead atoms. The summed E-state index contributed by atoms with van der Waals surface area (Å²) in [6.07, 6.45) is 2.50. The molecular weight excluding hydrogens is 240 g/mol. The monoisotopic (exact) mass is 264 g/mol. The Kier molecular flexibility index (Phi) is 4.16. The summed E-state index contributed by atoms with van der Waals surface area (Å²) in [6, 6.07) is 5.86. The Bertz CT molecular complexity index is 438. The summed E-state index contributed by atoms with van der Waals surface area (Å²) in [6.45, 7) is 5.99. The summed E-state index contributed by atoms with van der Waals surface area (Å²) in [5.41, 5.74) is 1.35. The molecule has 2 rings (SSSR count). The number of fused-ring (bicyclic) bond motifs is 1. The van der Waals surface area contributed by atoms with Crippen LogP contribution in [-0.4, -0.2) is 22.4 Å². The number of hydrogen-bond acceptors (Lipinski definition) is 3. The molecule has 19 heavy (non-hydrogen) atoms. The van der Waals surface area contributed by atoms with E-state index >= 15 is 0 Å². The SMILES string of the molecule is CC(C)C(C)(O)COc1ccc2c(c1)C(O)CCC2. The maximum absolute atomic E-state index is 10.2. The maximum Gasteiger partial charge on any atom is 0.119 e. The molecule has 0 fully saturated rings. The zero-order valence-corrected chi connectivity index (χ0v) is 12.0. The van der Waals surface area contributed by atoms with Crippen LogP contribution in [0.3, 0.4) is 0 Å². The van der Waals surface area contributed by atoms with Gasteiger partial charge in [-0.15, -0.1) is 0 Å². The van der Waals surface area contributed by atoms with E-state index in [1.807, 2.05) is 32.0 Å². The third-order valence-corrected chi connectivity index (χ3v) is 4.17. The van der Waals surface area contributed by atoms with Gasteiger partial charge in [-0.25, -0.2) is 0 Å². The fraction of sp³-hybridized carbons (Fsp3) is 0.625. The summed E-state index contributed by atoms with van der Waals surface area (Å²) in [5.74, 6) is 0.858. The average Bonchev–Trinajstić information content (AvgIpc) is 2.37. The van der Waals surface area contributed by atoms with Crippen molar-refractivity contribution in [1.82, 2.24) is 0 Å². The van der Waals surface area contributed by atoms with Crippen LogP contribution >= 0.6 is 0 Å². The van der Waals surface area contributed by atoms with E-state index in [2.05, 4.69) is 0 Å². The molecule has 0 radical (unpaired) electrons. The molecule has 3 heteroatoms. The second kappa shape index (κ2) is 5.51. The Morgan fingerprint density at radius 3 is 2.84 bits per heavy atom. The minimum atomic E-state index is -0.839. The van der Waals surface area contributed by atoms with Gasteiger partial charge in [-0.3, -0.25) is 0 Å². The van der Waals surface area contributed by atoms with Gasteiger partial charge in [-0.05, 0) is 55.4 Å². The number of aliphatic hydroxyl groups is 2. The van der Waals surface area contributed by atoms with E-state index < -0.39 is 5.60 Å². The molecule has 0 aromatic heterocycles. The lowest BCUT2D eigenvalue weighted by molar-refractivity contribution is -0.0267. The molecule has 0 aliphatic heterocycles. The minimum Gasteiger partial charge on any atom is -0.491 e. The van der Waals surface area contributed by atoms with E-state index in [-0.39, 0.29) is 18.6 Å². The van der Waals surface area contributed by atoms with Gasteiger partial charge >= 0.3 is 0 Å². The molecule has 1 aromatic rings. The number of aryl methyl sites for hydroxylation is 1. The lowest BCUT2D eigenvalue weighted by atomic mass is 9.89. The largest absolute Gasteiger partial charge is 0.491 e. The van der Waals surface area contributed by atoms with Crippen LogP contribution in [0.4, 0.5) is 0 Å². The third kappa shape index (κ3) is 3.28. The molecular formula is C16H24O3. The first-order valence-electron chi connectivity index (χ1n) is 7.06. The summed E-state index contributed by atoms with van der Waals surface area (Å²) in [4.78, 5) is 0. The Morgan fingerprint density at radius 2 is 2.16 bits per heavy atom. The third-order valence-electron chi connectivity index (χ3n) is 4.17. The van der Waals surface area contributed by atoms with Gasteiger partial charge in [-0.1, -0.05) is 19.9 Å². The van der Waals surface area contributed by atoms with Crippen LogP contribution in [0.25, 0.3) is 0 Å². The van der Waals surface area contributed by atoms with Crippen molar-refractivity contribution >= 4 is 0 Å². The first-order chi connectivity index (χ1) is 8.90. The van der Waals surface area contributed by atoms with Crippen LogP contribution in [0.2, 0.25) is 0 Å². The Hall–Kier alpha value is -1.06. The van der Waals surface area contributed by atoms with Crippen molar-refractivity contribution in [1.29, 1.82) is 0 Å². The van der Waals surface area contributed by atoms with Crippen molar-refractivity contribution in [3.63, 3.8) is 0 Å². The van der Waals surface area contributed by atoms with Crippen LogP contribution in [-0.2, 0) is 6.42 Å². The van der Waals surface area contributed by atoms with Crippen molar-refractivity contribution < 1.29 is 14.9 Å². The van der Waals surface area contributed by atoms with Crippen LogP contribution in [0, 0.1) is 5.92 Å². The summed E-state index contributed by atoms with van der Waals surface area (Å²) in [7, 11) is 0. The second-order valence-electron chi connectivity index (χ2n) is 6.07. The molecule has 2 N–H and O–H groups in total. The van der Waals surface area contributed by atoms with Gasteiger partial charge in [-0.2, -0.15) is 0 Å². The van der Waals surface area contributed by atoms with Crippen LogP contribution in [0.5, 0.6) is 5.75 Å². The average molecular weight is 264 g/mol. The lowest BCUT2D eigenvalue weighted by Gasteiger charge is -2.28. The standard InChI is InChI=1S/C16H24O3/c1-11(2)16(3,18)10-19-13-8-7-12-5-4-6-15(17)14(12)9-13/h7-9,11,15,17-18H,4-6,10H2,1-3H3. The zero-order chi connectivity index (χ0) is 14.0. The predicted octanol–water partition coefficient (Wildman–Crippen LogP) is 2.84. The van der Waals surface area contributed by atoms with Crippen molar-refractivity contribution in [2.45, 2.75) is 51.7 Å². The van der Waals surface area contributed by atoms with Gasteiger partial charge in [0.25, 0.3) is 0 Å². The van der Waals surface area contributed by atoms with Crippen LogP contribution in [0.15, 0.2) is 18.2 Å². The number of rotatable bonds is 4. The first kappa shape index (κ1) is 14.4. The highest BCUT2D eigenvalue weighted by molar-refractivity contribution is 5.38. The molecule has 0 saturated carbocycles. The fourth-order valence-electron chi connectivity index (χ4n) is 2.24. The zero-order valence-electron chi connectivity index (χ0n) is 12.0. The molecule has 106 valence electrons. The van der Waals surface area contributed by atoms with E-state index in [4.69, 9.17) is 4.74 Å². The molecule has 3 nitrogen and oxygen atoms in total. The molecule has 1 aromatic carbocycles. The van der Waals surface area contributed by atoms with Crippen molar-refractivity contribution in [3.05, 3.63) is 29.3 Å². The van der Waals surface area contributed by atoms with Gasteiger partial charge in [0.15, 0.2) is 0 Å². The number of ether oxygens (including phenoxy) is 1. The van der Waals surface area contributed by atoms with Crippen molar-refractivity contribution in [3.8, 4) is 5.75 Å². The number of hydrogen-bond donors (Lipinski definition) is 2. The molecule has 0 heterocycles. The molecule has 2 unspecified atom stereocenters. The highest BCUT2D eigenvalue weighted by Gasteiger charge is 2.26. The number of aliphatic hydroxyl groups excluding tert-OH is 1. The van der Waals surface area contributed by atoms with Gasteiger partial charge in [0.1, 0.15) is 12.4 Å². The fourth-order valence-corrected chi connectivity index (χ4v) is 2.24. The lowest BCUT2D eigenvalue weighted by Crippen LogP contribution is -2.37. The van der Waals surface area contributed by atoms with E-state index in [0.29, 0.717) is 0 Å². The van der Waals surface area contributed by atoms with E-state index in [1.54, 1.807) is 6.92 Å². The number of benzene rings is 1. The van der Waals surface area contributed by atoms with E-state index in [9.17, 15) is 10.2 Å². The highest BCUT2D eigenvalue weighted by atomic mass is 16.5. The van der Waals surface area contributed by atoms with E-state index in [0.717, 1.165) is 30.6 Å². The van der Waals surface area contributed by atoms with Gasteiger partial charge in [0.05, 0.1) is 11.7 Å². The van der Waals surface area contributed by atoms with Gasteiger partial charge in [0, 0.05) is 0 Å². The van der Waals surface area contributed by atoms with Crippen molar-refractivity contribution in [2.24, 2.45) is 5.92 Å². The smallest absolute Gasteiger partial charge is 0.119 e.